The summed E-state index contributed by atoms with van der Waals surface area (Å²) >= 11 is 1.54. The third-order valence-corrected chi connectivity index (χ3v) is 6.83. The standard InChI is InChI=1S/C23H29N3O2S/c1-15-17(3)26(19-10-5-4-6-11-19)23(25-15)29-14-22(27)24-16(2)21-13-18-9-7-8-12-20(18)28-21/h7-9,12-13,16,19H,4-6,10-11,14H2,1-3H3,(H,24,27)/t16-/m0/s1. The number of nitrogens with one attached hydrogen (secondary N) is 1. The largest absolute Gasteiger partial charge is 0.459 e. The Kier molecular flexibility index (Phi) is 5.99. The number of hydrogen-bond acceptors (Lipinski definition) is 4. The van der Waals surface area contributed by atoms with Crippen LogP contribution >= 0.6 is 11.8 Å². The first-order valence-corrected chi connectivity index (χ1v) is 11.5. The molecule has 29 heavy (non-hydrogen) atoms. The zero-order chi connectivity index (χ0) is 20.4. The van der Waals surface area contributed by atoms with Gasteiger partial charge in [-0.3, -0.25) is 4.79 Å². The van der Waals surface area contributed by atoms with Gasteiger partial charge in [-0.1, -0.05) is 49.2 Å². The highest BCUT2D eigenvalue weighted by molar-refractivity contribution is 7.99. The zero-order valence-electron chi connectivity index (χ0n) is 17.4. The summed E-state index contributed by atoms with van der Waals surface area (Å²) < 4.78 is 8.24. The molecular weight excluding hydrogens is 382 g/mol. The van der Waals surface area contributed by atoms with E-state index in [1.807, 2.05) is 37.3 Å². The SMILES string of the molecule is Cc1nc(SCC(=O)N[C@@H](C)c2cc3ccccc3o2)n(C2CCCCC2)c1C. The Morgan fingerprint density at radius 2 is 2.03 bits per heavy atom. The number of furan rings is 1. The number of thioether (sulfide) groups is 1. The fourth-order valence-corrected chi connectivity index (χ4v) is 5.14. The van der Waals surface area contributed by atoms with Crippen molar-refractivity contribution in [3.8, 4) is 0 Å². The Morgan fingerprint density at radius 1 is 1.28 bits per heavy atom. The molecule has 2 aromatic heterocycles. The topological polar surface area (TPSA) is 60.1 Å². The molecule has 154 valence electrons. The normalized spacial score (nSPS) is 16.2. The van der Waals surface area contributed by atoms with Crippen molar-refractivity contribution in [1.29, 1.82) is 0 Å². The monoisotopic (exact) mass is 411 g/mol. The van der Waals surface area contributed by atoms with Crippen molar-refractivity contribution >= 4 is 28.6 Å². The minimum absolute atomic E-state index is 0.00328. The van der Waals surface area contributed by atoms with Gasteiger partial charge < -0.3 is 14.3 Å². The minimum atomic E-state index is -0.169. The van der Waals surface area contributed by atoms with Crippen LogP contribution in [0, 0.1) is 13.8 Å². The fourth-order valence-electron chi connectivity index (χ4n) is 4.17. The highest BCUT2D eigenvalue weighted by Gasteiger charge is 2.23. The molecule has 3 aromatic rings. The molecule has 0 unspecified atom stereocenters. The van der Waals surface area contributed by atoms with Crippen molar-refractivity contribution in [2.24, 2.45) is 0 Å². The molecule has 0 bridgehead atoms. The number of rotatable bonds is 6. The second-order valence-electron chi connectivity index (χ2n) is 7.99. The number of aryl methyl sites for hydroxylation is 1. The number of benzene rings is 1. The first-order valence-electron chi connectivity index (χ1n) is 10.5. The highest BCUT2D eigenvalue weighted by atomic mass is 32.2. The maximum atomic E-state index is 12.6. The first-order chi connectivity index (χ1) is 14.0. The van der Waals surface area contributed by atoms with Crippen LogP contribution in [0.2, 0.25) is 0 Å². The molecule has 4 rings (SSSR count). The van der Waals surface area contributed by atoms with E-state index in [0.29, 0.717) is 11.8 Å². The molecule has 2 heterocycles. The summed E-state index contributed by atoms with van der Waals surface area (Å²) in [6.07, 6.45) is 6.30. The molecule has 6 heteroatoms. The average Bonchev–Trinajstić information content (AvgIpc) is 3.28. The number of imidazole rings is 1. The molecule has 1 saturated carbocycles. The maximum absolute atomic E-state index is 12.6. The smallest absolute Gasteiger partial charge is 0.231 e. The molecule has 1 aromatic carbocycles. The summed E-state index contributed by atoms with van der Waals surface area (Å²) in [5.41, 5.74) is 3.14. The van der Waals surface area contributed by atoms with Crippen LogP contribution in [0.5, 0.6) is 0 Å². The predicted octanol–water partition coefficient (Wildman–Crippen LogP) is 5.72. The maximum Gasteiger partial charge on any atom is 0.231 e. The van der Waals surface area contributed by atoms with Crippen molar-refractivity contribution in [2.45, 2.75) is 70.1 Å². The van der Waals surface area contributed by atoms with Crippen LogP contribution in [0.15, 0.2) is 39.9 Å². The number of nitrogens with zero attached hydrogens (tertiary/aromatic N) is 2. The summed E-state index contributed by atoms with van der Waals surface area (Å²) in [6.45, 7) is 6.16. The van der Waals surface area contributed by atoms with Gasteiger partial charge in [0.25, 0.3) is 0 Å². The number of carbonyl (C=O) groups excluding carboxylic acids is 1. The molecular formula is C23H29N3O2S. The van der Waals surface area contributed by atoms with E-state index in [1.165, 1.54) is 49.6 Å². The average molecular weight is 412 g/mol. The molecule has 1 atom stereocenters. The van der Waals surface area contributed by atoms with Gasteiger partial charge in [-0.15, -0.1) is 0 Å². The Morgan fingerprint density at radius 3 is 2.79 bits per heavy atom. The number of carbonyl (C=O) groups is 1. The van der Waals surface area contributed by atoms with Gasteiger partial charge in [0.2, 0.25) is 5.91 Å². The number of para-hydroxylation sites is 1. The van der Waals surface area contributed by atoms with Gasteiger partial charge in [0.1, 0.15) is 11.3 Å². The molecule has 0 aliphatic heterocycles. The van der Waals surface area contributed by atoms with Gasteiger partial charge in [0.15, 0.2) is 5.16 Å². The molecule has 1 fully saturated rings. The van der Waals surface area contributed by atoms with Gasteiger partial charge in [0.05, 0.1) is 17.5 Å². The fraction of sp³-hybridized carbons (Fsp3) is 0.478. The van der Waals surface area contributed by atoms with Crippen molar-refractivity contribution in [2.75, 3.05) is 5.75 Å². The lowest BCUT2D eigenvalue weighted by Crippen LogP contribution is -2.28. The Bertz CT molecular complexity index is 968. The third-order valence-electron chi connectivity index (χ3n) is 5.88. The van der Waals surface area contributed by atoms with Crippen molar-refractivity contribution in [3.05, 3.63) is 47.5 Å². The Hall–Kier alpha value is -2.21. The number of amides is 1. The van der Waals surface area contributed by atoms with Crippen LogP contribution in [0.3, 0.4) is 0 Å². The summed E-state index contributed by atoms with van der Waals surface area (Å²) in [5, 5.41) is 5.08. The minimum Gasteiger partial charge on any atom is -0.459 e. The molecule has 1 amide bonds. The van der Waals surface area contributed by atoms with E-state index in [-0.39, 0.29) is 11.9 Å². The number of hydrogen-bond donors (Lipinski definition) is 1. The van der Waals surface area contributed by atoms with E-state index in [9.17, 15) is 4.79 Å². The summed E-state index contributed by atoms with van der Waals surface area (Å²) in [5.74, 6) is 1.13. The van der Waals surface area contributed by atoms with E-state index in [4.69, 9.17) is 9.40 Å². The lowest BCUT2D eigenvalue weighted by atomic mass is 9.95. The Labute approximate surface area is 176 Å². The molecule has 1 aliphatic carbocycles. The van der Waals surface area contributed by atoms with Crippen LogP contribution < -0.4 is 5.32 Å². The lowest BCUT2D eigenvalue weighted by Gasteiger charge is -2.26. The van der Waals surface area contributed by atoms with Gasteiger partial charge >= 0.3 is 0 Å². The van der Waals surface area contributed by atoms with Crippen molar-refractivity contribution in [3.63, 3.8) is 0 Å². The van der Waals surface area contributed by atoms with E-state index < -0.39 is 0 Å². The molecule has 1 N–H and O–H groups in total. The summed E-state index contributed by atoms with van der Waals surface area (Å²) in [4.78, 5) is 17.3. The van der Waals surface area contributed by atoms with E-state index in [1.54, 1.807) is 0 Å². The van der Waals surface area contributed by atoms with Gasteiger partial charge in [-0.05, 0) is 45.7 Å². The molecule has 0 saturated heterocycles. The summed E-state index contributed by atoms with van der Waals surface area (Å²) in [7, 11) is 0. The molecule has 5 nitrogen and oxygen atoms in total. The summed E-state index contributed by atoms with van der Waals surface area (Å²) in [6, 6.07) is 10.2. The predicted molar refractivity (Wildman–Crippen MR) is 117 cm³/mol. The Balaban J connectivity index is 1.40. The van der Waals surface area contributed by atoms with Crippen molar-refractivity contribution in [1.82, 2.24) is 14.9 Å². The van der Waals surface area contributed by atoms with Crippen LogP contribution in [0.1, 0.15) is 68.3 Å². The van der Waals surface area contributed by atoms with Crippen LogP contribution in [0.25, 0.3) is 11.0 Å². The lowest BCUT2D eigenvalue weighted by molar-refractivity contribution is -0.119. The first kappa shape index (κ1) is 20.1. The quantitative estimate of drug-likeness (QED) is 0.527. The van der Waals surface area contributed by atoms with Crippen LogP contribution in [-0.4, -0.2) is 21.2 Å². The number of aromatic nitrogens is 2. The van der Waals surface area contributed by atoms with Gasteiger partial charge in [-0.25, -0.2) is 4.98 Å². The molecule has 0 radical (unpaired) electrons. The van der Waals surface area contributed by atoms with Crippen LogP contribution in [-0.2, 0) is 4.79 Å². The molecule has 1 aliphatic rings. The van der Waals surface area contributed by atoms with E-state index in [2.05, 4.69) is 23.7 Å². The number of fused-ring (bicyclic) bond motifs is 1. The zero-order valence-corrected chi connectivity index (χ0v) is 18.2. The third kappa shape index (κ3) is 4.37. The molecule has 0 spiro atoms. The van der Waals surface area contributed by atoms with Crippen LogP contribution in [0.4, 0.5) is 0 Å². The van der Waals surface area contributed by atoms with Crippen molar-refractivity contribution < 1.29 is 9.21 Å². The van der Waals surface area contributed by atoms with Gasteiger partial charge in [-0.2, -0.15) is 0 Å². The second-order valence-corrected chi connectivity index (χ2v) is 8.93. The highest BCUT2D eigenvalue weighted by Crippen LogP contribution is 2.34. The van der Waals surface area contributed by atoms with E-state index in [0.717, 1.165) is 27.6 Å². The van der Waals surface area contributed by atoms with Gasteiger partial charge in [0, 0.05) is 17.1 Å². The second kappa shape index (κ2) is 8.66. The van der Waals surface area contributed by atoms with E-state index >= 15 is 0 Å².